The van der Waals surface area contributed by atoms with E-state index in [0.717, 1.165) is 5.69 Å². The van der Waals surface area contributed by atoms with E-state index in [1.165, 1.54) is 11.8 Å². The summed E-state index contributed by atoms with van der Waals surface area (Å²) in [6.45, 7) is 1.80. The average molecular weight is 355 g/mol. The van der Waals surface area contributed by atoms with Crippen LogP contribution < -0.4 is 10.1 Å². The third-order valence-corrected chi connectivity index (χ3v) is 4.49. The van der Waals surface area contributed by atoms with Gasteiger partial charge in [0.2, 0.25) is 11.1 Å². The van der Waals surface area contributed by atoms with Gasteiger partial charge in [0.25, 0.3) is 0 Å². The summed E-state index contributed by atoms with van der Waals surface area (Å²) < 4.78 is 6.86. The lowest BCUT2D eigenvalue weighted by Gasteiger charge is -2.13. The Kier molecular flexibility index (Phi) is 5.30. The van der Waals surface area contributed by atoms with E-state index in [9.17, 15) is 4.79 Å². The van der Waals surface area contributed by atoms with Gasteiger partial charge in [-0.3, -0.25) is 4.79 Å². The number of methoxy groups -OCH3 is 1. The van der Waals surface area contributed by atoms with E-state index in [0.29, 0.717) is 16.6 Å². The van der Waals surface area contributed by atoms with Crippen molar-refractivity contribution in [2.45, 2.75) is 17.3 Å². The number of anilines is 1. The second-order valence-corrected chi connectivity index (χ2v) is 6.47. The molecule has 0 saturated carbocycles. The number of ether oxygens (including phenoxy) is 1. The molecule has 1 amide bonds. The molecule has 25 heavy (non-hydrogen) atoms. The summed E-state index contributed by atoms with van der Waals surface area (Å²) in [7, 11) is 1.57. The Hall–Kier alpha value is -2.87. The maximum atomic E-state index is 12.5. The quantitative estimate of drug-likeness (QED) is 0.685. The summed E-state index contributed by atoms with van der Waals surface area (Å²) >= 11 is 1.29. The first kappa shape index (κ1) is 17.0. The molecule has 0 bridgehead atoms. The molecule has 1 atom stereocenters. The van der Waals surface area contributed by atoms with Crippen molar-refractivity contribution in [3.05, 3.63) is 54.6 Å². The van der Waals surface area contributed by atoms with Gasteiger partial charge < -0.3 is 10.1 Å². The molecule has 0 aliphatic carbocycles. The first-order valence-electron chi connectivity index (χ1n) is 7.63. The SMILES string of the molecule is COc1ccccc1NC(=O)C(C)Sc1nnnn1-c1ccccc1. The van der Waals surface area contributed by atoms with Crippen molar-refractivity contribution in [3.63, 3.8) is 0 Å². The van der Waals surface area contributed by atoms with Crippen molar-refractivity contribution < 1.29 is 9.53 Å². The van der Waals surface area contributed by atoms with Gasteiger partial charge in [0.1, 0.15) is 5.75 Å². The molecule has 8 heteroatoms. The van der Waals surface area contributed by atoms with E-state index in [1.807, 2.05) is 42.5 Å². The molecule has 0 aliphatic rings. The highest BCUT2D eigenvalue weighted by atomic mass is 32.2. The number of carbonyl (C=O) groups excluding carboxylic acids is 1. The Morgan fingerprint density at radius 1 is 1.16 bits per heavy atom. The van der Waals surface area contributed by atoms with Crippen molar-refractivity contribution in [3.8, 4) is 11.4 Å². The van der Waals surface area contributed by atoms with Crippen LogP contribution in [0.15, 0.2) is 59.8 Å². The van der Waals surface area contributed by atoms with Gasteiger partial charge in [-0.2, -0.15) is 4.68 Å². The molecule has 1 heterocycles. The number of nitrogens with one attached hydrogen (secondary N) is 1. The summed E-state index contributed by atoms with van der Waals surface area (Å²) in [5.41, 5.74) is 1.47. The molecule has 7 nitrogen and oxygen atoms in total. The van der Waals surface area contributed by atoms with E-state index >= 15 is 0 Å². The first-order chi connectivity index (χ1) is 12.2. The highest BCUT2D eigenvalue weighted by Gasteiger charge is 2.20. The van der Waals surface area contributed by atoms with Crippen LogP contribution in [0.4, 0.5) is 5.69 Å². The molecule has 1 unspecified atom stereocenters. The number of amides is 1. The Morgan fingerprint density at radius 3 is 2.64 bits per heavy atom. The van der Waals surface area contributed by atoms with Crippen molar-refractivity contribution >= 4 is 23.4 Å². The van der Waals surface area contributed by atoms with Gasteiger partial charge >= 0.3 is 0 Å². The number of aromatic nitrogens is 4. The van der Waals surface area contributed by atoms with E-state index in [1.54, 1.807) is 30.8 Å². The molecular formula is C17H17N5O2S. The number of para-hydroxylation sites is 3. The molecule has 2 aromatic carbocycles. The number of thioether (sulfide) groups is 1. The number of hydrogen-bond donors (Lipinski definition) is 1. The topological polar surface area (TPSA) is 81.9 Å². The van der Waals surface area contributed by atoms with Crippen LogP contribution in [0.5, 0.6) is 5.75 Å². The minimum atomic E-state index is -0.390. The monoisotopic (exact) mass is 355 g/mol. The van der Waals surface area contributed by atoms with Crippen molar-refractivity contribution in [1.82, 2.24) is 20.2 Å². The Labute approximate surface area is 149 Å². The van der Waals surface area contributed by atoms with Gasteiger partial charge in [-0.05, 0) is 41.6 Å². The average Bonchev–Trinajstić information content (AvgIpc) is 3.11. The van der Waals surface area contributed by atoms with Gasteiger partial charge in [0, 0.05) is 0 Å². The fourth-order valence-electron chi connectivity index (χ4n) is 2.18. The van der Waals surface area contributed by atoms with Gasteiger partial charge in [0.15, 0.2) is 0 Å². The van der Waals surface area contributed by atoms with Gasteiger partial charge in [-0.1, -0.05) is 42.1 Å². The van der Waals surface area contributed by atoms with E-state index < -0.39 is 5.25 Å². The van der Waals surface area contributed by atoms with E-state index in [4.69, 9.17) is 4.74 Å². The Bertz CT molecular complexity index is 853. The zero-order valence-corrected chi connectivity index (χ0v) is 14.6. The van der Waals surface area contributed by atoms with Crippen molar-refractivity contribution in [1.29, 1.82) is 0 Å². The number of nitrogens with zero attached hydrogens (tertiary/aromatic N) is 4. The molecule has 0 fully saturated rings. The summed E-state index contributed by atoms with van der Waals surface area (Å²) in [6, 6.07) is 16.8. The van der Waals surface area contributed by atoms with E-state index in [-0.39, 0.29) is 5.91 Å². The molecule has 128 valence electrons. The lowest BCUT2D eigenvalue weighted by molar-refractivity contribution is -0.115. The molecule has 3 aromatic rings. The smallest absolute Gasteiger partial charge is 0.237 e. The van der Waals surface area contributed by atoms with Gasteiger partial charge in [-0.25, -0.2) is 0 Å². The zero-order chi connectivity index (χ0) is 17.6. The molecule has 1 N–H and O–H groups in total. The molecule has 0 spiro atoms. The minimum Gasteiger partial charge on any atom is -0.495 e. The van der Waals surface area contributed by atoms with Crippen molar-refractivity contribution in [2.75, 3.05) is 12.4 Å². The molecule has 1 aromatic heterocycles. The third kappa shape index (κ3) is 3.97. The predicted molar refractivity (Wildman–Crippen MR) is 96.1 cm³/mol. The number of benzene rings is 2. The highest BCUT2D eigenvalue weighted by molar-refractivity contribution is 8.00. The van der Waals surface area contributed by atoms with Crippen LogP contribution in [0.2, 0.25) is 0 Å². The fourth-order valence-corrected chi connectivity index (χ4v) is 2.99. The number of carbonyl (C=O) groups is 1. The third-order valence-electron chi connectivity index (χ3n) is 3.46. The molecule has 0 aliphatic heterocycles. The summed E-state index contributed by atoms with van der Waals surface area (Å²) in [5.74, 6) is 0.458. The summed E-state index contributed by atoms with van der Waals surface area (Å²) in [4.78, 5) is 12.5. The fraction of sp³-hybridized carbons (Fsp3) is 0.176. The highest BCUT2D eigenvalue weighted by Crippen LogP contribution is 2.27. The maximum Gasteiger partial charge on any atom is 0.237 e. The normalized spacial score (nSPS) is 11.8. The lowest BCUT2D eigenvalue weighted by Crippen LogP contribution is -2.23. The van der Waals surface area contributed by atoms with Gasteiger partial charge in [0.05, 0.1) is 23.7 Å². The number of tetrazole rings is 1. The predicted octanol–water partition coefficient (Wildman–Crippen LogP) is 2.79. The minimum absolute atomic E-state index is 0.155. The first-order valence-corrected chi connectivity index (χ1v) is 8.51. The van der Waals surface area contributed by atoms with Crippen LogP contribution in [0.25, 0.3) is 5.69 Å². The standard InChI is InChI=1S/C17H17N5O2S/c1-12(16(23)18-14-10-6-7-11-15(14)24-2)25-17-19-20-21-22(17)13-8-4-3-5-9-13/h3-12H,1-2H3,(H,18,23). The summed E-state index contributed by atoms with van der Waals surface area (Å²) in [5, 5.41) is 14.8. The zero-order valence-electron chi connectivity index (χ0n) is 13.8. The largest absolute Gasteiger partial charge is 0.495 e. The van der Waals surface area contributed by atoms with Crippen molar-refractivity contribution in [2.24, 2.45) is 0 Å². The van der Waals surface area contributed by atoms with Crippen LogP contribution in [0, 0.1) is 0 Å². The maximum absolute atomic E-state index is 12.5. The number of rotatable bonds is 6. The Balaban J connectivity index is 1.72. The second kappa shape index (κ2) is 7.80. The molecule has 0 saturated heterocycles. The van der Waals surface area contributed by atoms with Gasteiger partial charge in [-0.15, -0.1) is 5.10 Å². The Morgan fingerprint density at radius 2 is 1.88 bits per heavy atom. The van der Waals surface area contributed by atoms with Crippen LogP contribution in [0.1, 0.15) is 6.92 Å². The molecule has 3 rings (SSSR count). The molecule has 0 radical (unpaired) electrons. The molecular weight excluding hydrogens is 338 g/mol. The van der Waals surface area contributed by atoms with E-state index in [2.05, 4.69) is 20.8 Å². The lowest BCUT2D eigenvalue weighted by atomic mass is 10.3. The van der Waals surface area contributed by atoms with Crippen LogP contribution in [-0.4, -0.2) is 38.5 Å². The van der Waals surface area contributed by atoms with Crippen LogP contribution in [0.3, 0.4) is 0 Å². The van der Waals surface area contributed by atoms with Crippen LogP contribution in [-0.2, 0) is 4.79 Å². The van der Waals surface area contributed by atoms with Crippen LogP contribution >= 0.6 is 11.8 Å². The summed E-state index contributed by atoms with van der Waals surface area (Å²) in [6.07, 6.45) is 0. The second-order valence-electron chi connectivity index (χ2n) is 5.16. The number of hydrogen-bond acceptors (Lipinski definition) is 6.